The van der Waals surface area contributed by atoms with Crippen molar-refractivity contribution in [1.29, 1.82) is 0 Å². The van der Waals surface area contributed by atoms with Gasteiger partial charge >= 0.3 is 5.97 Å². The molecule has 118 valence electrons. The van der Waals surface area contributed by atoms with E-state index in [0.717, 1.165) is 16.5 Å². The van der Waals surface area contributed by atoms with Crippen molar-refractivity contribution in [3.05, 3.63) is 35.5 Å². The zero-order valence-electron chi connectivity index (χ0n) is 13.2. The zero-order valence-corrected chi connectivity index (χ0v) is 13.2. The topological polar surface area (TPSA) is 82.2 Å². The molecule has 0 fully saturated rings. The zero-order chi connectivity index (χ0) is 16.3. The van der Waals surface area contributed by atoms with E-state index in [2.05, 4.69) is 10.3 Å². The van der Waals surface area contributed by atoms with Crippen molar-refractivity contribution in [2.45, 2.75) is 45.6 Å². The van der Waals surface area contributed by atoms with E-state index in [-0.39, 0.29) is 12.3 Å². The summed E-state index contributed by atoms with van der Waals surface area (Å²) in [5.74, 6) is -1.17. The third-order valence-corrected chi connectivity index (χ3v) is 4.24. The lowest BCUT2D eigenvalue weighted by Crippen LogP contribution is -2.49. The fourth-order valence-corrected chi connectivity index (χ4v) is 2.68. The van der Waals surface area contributed by atoms with Crippen LogP contribution in [-0.2, 0) is 4.79 Å². The fourth-order valence-electron chi connectivity index (χ4n) is 2.68. The molecular formula is C17H22N2O3. The first kappa shape index (κ1) is 16.1. The number of aromatic amines is 1. The molecule has 1 amide bonds. The minimum atomic E-state index is -0.906. The highest BCUT2D eigenvalue weighted by Gasteiger charge is 2.31. The maximum absolute atomic E-state index is 12.5. The lowest BCUT2D eigenvalue weighted by atomic mass is 9.89. The van der Waals surface area contributed by atoms with Crippen LogP contribution in [-0.4, -0.2) is 27.5 Å². The van der Waals surface area contributed by atoms with Gasteiger partial charge in [-0.05, 0) is 37.5 Å². The van der Waals surface area contributed by atoms with Gasteiger partial charge in [0.05, 0.1) is 12.0 Å². The van der Waals surface area contributed by atoms with Gasteiger partial charge in [0, 0.05) is 10.9 Å². The Labute approximate surface area is 129 Å². The van der Waals surface area contributed by atoms with Crippen molar-refractivity contribution in [3.63, 3.8) is 0 Å². The number of nitrogens with one attached hydrogen (secondary N) is 2. The van der Waals surface area contributed by atoms with E-state index in [1.807, 2.05) is 39.0 Å². The third kappa shape index (κ3) is 3.30. The molecule has 5 heteroatoms. The maximum Gasteiger partial charge on any atom is 0.305 e. The van der Waals surface area contributed by atoms with Gasteiger partial charge in [-0.1, -0.05) is 26.0 Å². The molecule has 2 aromatic rings. The SMILES string of the molecule is CCC(CC)(CC(=O)O)NC(=O)c1cc2ccc(C)cc2[nH]1. The normalized spacial score (nSPS) is 11.6. The van der Waals surface area contributed by atoms with E-state index in [4.69, 9.17) is 5.11 Å². The summed E-state index contributed by atoms with van der Waals surface area (Å²) < 4.78 is 0. The predicted molar refractivity (Wildman–Crippen MR) is 86.1 cm³/mol. The van der Waals surface area contributed by atoms with E-state index < -0.39 is 11.5 Å². The smallest absolute Gasteiger partial charge is 0.305 e. The molecule has 1 aromatic heterocycles. The second-order valence-corrected chi connectivity index (χ2v) is 5.79. The van der Waals surface area contributed by atoms with E-state index in [1.54, 1.807) is 6.07 Å². The number of carbonyl (C=O) groups is 2. The Bertz CT molecular complexity index is 699. The highest BCUT2D eigenvalue weighted by molar-refractivity contribution is 5.98. The highest BCUT2D eigenvalue weighted by atomic mass is 16.4. The van der Waals surface area contributed by atoms with Crippen LogP contribution in [0.5, 0.6) is 0 Å². The summed E-state index contributed by atoms with van der Waals surface area (Å²) in [7, 11) is 0. The largest absolute Gasteiger partial charge is 0.481 e. The van der Waals surface area contributed by atoms with Crippen LogP contribution in [0, 0.1) is 6.92 Å². The molecule has 0 spiro atoms. The standard InChI is InChI=1S/C17H22N2O3/c1-4-17(5-2,10-15(20)21)19-16(22)14-9-12-7-6-11(3)8-13(12)18-14/h6-9,18H,4-5,10H2,1-3H3,(H,19,22)(H,20,21). The molecule has 1 aromatic carbocycles. The number of aryl methyl sites for hydroxylation is 1. The van der Waals surface area contributed by atoms with Crippen molar-refractivity contribution < 1.29 is 14.7 Å². The molecule has 2 rings (SSSR count). The van der Waals surface area contributed by atoms with Crippen LogP contribution in [0.1, 0.15) is 49.2 Å². The van der Waals surface area contributed by atoms with Gasteiger partial charge in [-0.2, -0.15) is 0 Å². The van der Waals surface area contributed by atoms with Gasteiger partial charge in [0.25, 0.3) is 5.91 Å². The quantitative estimate of drug-likeness (QED) is 0.766. The lowest BCUT2D eigenvalue weighted by Gasteiger charge is -2.31. The molecular weight excluding hydrogens is 280 g/mol. The molecule has 0 saturated heterocycles. The summed E-state index contributed by atoms with van der Waals surface area (Å²) in [4.78, 5) is 26.6. The third-order valence-electron chi connectivity index (χ3n) is 4.24. The predicted octanol–water partition coefficient (Wildman–Crippen LogP) is 3.24. The fraction of sp³-hybridized carbons (Fsp3) is 0.412. The maximum atomic E-state index is 12.5. The second-order valence-electron chi connectivity index (χ2n) is 5.79. The Hall–Kier alpha value is -2.30. The Morgan fingerprint density at radius 1 is 1.23 bits per heavy atom. The average molecular weight is 302 g/mol. The molecule has 0 radical (unpaired) electrons. The number of benzene rings is 1. The number of hydrogen-bond donors (Lipinski definition) is 3. The Balaban J connectivity index is 2.26. The molecule has 0 aliphatic heterocycles. The number of rotatable bonds is 6. The number of carboxylic acid groups (broad SMARTS) is 1. The monoisotopic (exact) mass is 302 g/mol. The Morgan fingerprint density at radius 3 is 2.50 bits per heavy atom. The summed E-state index contributed by atoms with van der Waals surface area (Å²) in [6.45, 7) is 5.77. The van der Waals surface area contributed by atoms with Gasteiger partial charge < -0.3 is 15.4 Å². The minimum absolute atomic E-state index is 0.0783. The second kappa shape index (κ2) is 6.22. The lowest BCUT2D eigenvalue weighted by molar-refractivity contribution is -0.138. The first-order valence-electron chi connectivity index (χ1n) is 7.53. The number of H-pyrrole nitrogens is 1. The number of amides is 1. The summed E-state index contributed by atoms with van der Waals surface area (Å²) in [5, 5.41) is 12.9. The van der Waals surface area contributed by atoms with Gasteiger partial charge in [-0.25, -0.2) is 0 Å². The van der Waals surface area contributed by atoms with Gasteiger partial charge in [0.15, 0.2) is 0 Å². The molecule has 0 atom stereocenters. The summed E-state index contributed by atoms with van der Waals surface area (Å²) in [5.41, 5.74) is 1.76. The summed E-state index contributed by atoms with van der Waals surface area (Å²) in [6, 6.07) is 7.73. The first-order valence-corrected chi connectivity index (χ1v) is 7.53. The van der Waals surface area contributed by atoms with E-state index in [0.29, 0.717) is 18.5 Å². The van der Waals surface area contributed by atoms with Gasteiger partial charge in [0.1, 0.15) is 5.69 Å². The van der Waals surface area contributed by atoms with Crippen LogP contribution in [0.15, 0.2) is 24.3 Å². The molecule has 22 heavy (non-hydrogen) atoms. The van der Waals surface area contributed by atoms with Gasteiger partial charge in [-0.15, -0.1) is 0 Å². The van der Waals surface area contributed by atoms with Crippen molar-refractivity contribution in [2.24, 2.45) is 0 Å². The average Bonchev–Trinajstić information content (AvgIpc) is 2.89. The molecule has 3 N–H and O–H groups in total. The van der Waals surface area contributed by atoms with E-state index in [1.165, 1.54) is 0 Å². The molecule has 5 nitrogen and oxygen atoms in total. The number of carboxylic acids is 1. The highest BCUT2D eigenvalue weighted by Crippen LogP contribution is 2.22. The van der Waals surface area contributed by atoms with E-state index in [9.17, 15) is 9.59 Å². The summed E-state index contributed by atoms with van der Waals surface area (Å²) >= 11 is 0. The minimum Gasteiger partial charge on any atom is -0.481 e. The Kier molecular flexibility index (Phi) is 4.54. The first-order chi connectivity index (χ1) is 10.4. The number of hydrogen-bond acceptors (Lipinski definition) is 2. The van der Waals surface area contributed by atoms with Gasteiger partial charge in [-0.3, -0.25) is 9.59 Å². The van der Waals surface area contributed by atoms with Crippen LogP contribution >= 0.6 is 0 Å². The molecule has 0 aliphatic rings. The van der Waals surface area contributed by atoms with Crippen molar-refractivity contribution in [1.82, 2.24) is 10.3 Å². The van der Waals surface area contributed by atoms with Crippen LogP contribution in [0.25, 0.3) is 10.9 Å². The van der Waals surface area contributed by atoms with Crippen LogP contribution in [0.2, 0.25) is 0 Å². The number of carbonyl (C=O) groups excluding carboxylic acids is 1. The number of fused-ring (bicyclic) bond motifs is 1. The number of aromatic nitrogens is 1. The van der Waals surface area contributed by atoms with Crippen LogP contribution in [0.3, 0.4) is 0 Å². The van der Waals surface area contributed by atoms with E-state index >= 15 is 0 Å². The van der Waals surface area contributed by atoms with Crippen molar-refractivity contribution in [2.75, 3.05) is 0 Å². The van der Waals surface area contributed by atoms with Crippen molar-refractivity contribution >= 4 is 22.8 Å². The molecule has 0 unspecified atom stereocenters. The molecule has 0 aliphatic carbocycles. The summed E-state index contributed by atoms with van der Waals surface area (Å²) in [6.07, 6.45) is 1.06. The molecule has 0 bridgehead atoms. The Morgan fingerprint density at radius 2 is 1.91 bits per heavy atom. The molecule has 1 heterocycles. The van der Waals surface area contributed by atoms with Crippen LogP contribution in [0.4, 0.5) is 0 Å². The molecule has 0 saturated carbocycles. The van der Waals surface area contributed by atoms with Crippen LogP contribution < -0.4 is 5.32 Å². The van der Waals surface area contributed by atoms with Gasteiger partial charge in [0.2, 0.25) is 0 Å². The number of aliphatic carboxylic acids is 1. The van der Waals surface area contributed by atoms with Crippen molar-refractivity contribution in [3.8, 4) is 0 Å².